The first kappa shape index (κ1) is 13.4. The normalized spacial score (nSPS) is 9.58. The second kappa shape index (κ2) is 6.19. The zero-order valence-electron chi connectivity index (χ0n) is 10.6. The molecule has 0 radical (unpaired) electrons. The molecule has 0 aromatic heterocycles. The molecule has 0 unspecified atom stereocenters. The summed E-state index contributed by atoms with van der Waals surface area (Å²) in [5, 5.41) is 0.660. The number of halogens is 1. The summed E-state index contributed by atoms with van der Waals surface area (Å²) >= 11 is 6.09. The van der Waals surface area contributed by atoms with E-state index < -0.39 is 0 Å². The second-order valence-electron chi connectivity index (χ2n) is 4.12. The first-order valence-corrected chi connectivity index (χ1v) is 6.34. The highest BCUT2D eigenvalue weighted by Crippen LogP contribution is 2.22. The Morgan fingerprint density at radius 3 is 2.37 bits per heavy atom. The van der Waals surface area contributed by atoms with Crippen molar-refractivity contribution in [3.8, 4) is 0 Å². The Morgan fingerprint density at radius 1 is 1.05 bits per heavy atom. The molecule has 0 bridgehead atoms. The van der Waals surface area contributed by atoms with E-state index in [1.54, 1.807) is 12.1 Å². The lowest BCUT2D eigenvalue weighted by Crippen LogP contribution is -1.92. The van der Waals surface area contributed by atoms with Crippen LogP contribution in [0, 0.1) is 0 Å². The molecule has 2 aromatic rings. The van der Waals surface area contributed by atoms with Crippen LogP contribution in [0.4, 0.5) is 0 Å². The van der Waals surface area contributed by atoms with E-state index >= 15 is 0 Å². The van der Waals surface area contributed by atoms with Crippen LogP contribution in [0.1, 0.15) is 22.8 Å². The zero-order valence-corrected chi connectivity index (χ0v) is 11.3. The fourth-order valence-corrected chi connectivity index (χ4v) is 1.98. The molecule has 0 amide bonds. The van der Waals surface area contributed by atoms with E-state index in [2.05, 4.69) is 5.73 Å². The van der Waals surface area contributed by atoms with Gasteiger partial charge in [0.25, 0.3) is 0 Å². The predicted molar refractivity (Wildman–Crippen MR) is 79.4 cm³/mol. The molecule has 0 aliphatic carbocycles. The van der Waals surface area contributed by atoms with Gasteiger partial charge in [-0.15, -0.1) is 5.73 Å². The van der Waals surface area contributed by atoms with Gasteiger partial charge in [-0.25, -0.2) is 0 Å². The van der Waals surface area contributed by atoms with Gasteiger partial charge in [-0.3, -0.25) is 4.79 Å². The summed E-state index contributed by atoms with van der Waals surface area (Å²) in [6.45, 7) is 1.88. The predicted octanol–water partition coefficient (Wildman–Crippen LogP) is 4.78. The average Bonchev–Trinajstić information content (AvgIpc) is 2.46. The lowest BCUT2D eigenvalue weighted by molar-refractivity contribution is 0.104. The quantitative estimate of drug-likeness (QED) is 0.445. The van der Waals surface area contributed by atoms with E-state index in [0.29, 0.717) is 10.6 Å². The molecular formula is C17H13ClO. The van der Waals surface area contributed by atoms with Gasteiger partial charge in [0, 0.05) is 22.2 Å². The maximum absolute atomic E-state index is 11.9. The molecule has 2 rings (SSSR count). The largest absolute Gasteiger partial charge is 0.289 e. The number of benzene rings is 2. The summed E-state index contributed by atoms with van der Waals surface area (Å²) in [7, 11) is 0. The molecule has 0 saturated carbocycles. The maximum atomic E-state index is 11.9. The third-order valence-electron chi connectivity index (χ3n) is 2.76. The lowest BCUT2D eigenvalue weighted by atomic mass is 10.1. The summed E-state index contributed by atoms with van der Waals surface area (Å²) in [6, 6.07) is 16.6. The van der Waals surface area contributed by atoms with E-state index in [-0.39, 0.29) is 5.78 Å². The molecule has 0 saturated heterocycles. The van der Waals surface area contributed by atoms with E-state index in [9.17, 15) is 4.79 Å². The van der Waals surface area contributed by atoms with Crippen LogP contribution in [-0.4, -0.2) is 5.78 Å². The van der Waals surface area contributed by atoms with Gasteiger partial charge >= 0.3 is 0 Å². The number of carbonyl (C=O) groups excluding carboxylic acids is 1. The van der Waals surface area contributed by atoms with Crippen LogP contribution in [0.3, 0.4) is 0 Å². The standard InChI is InChI=1S/C17H13ClO/c1-13(15-9-5-6-10-16(15)18)11-12-17(19)14-7-3-2-4-8-14/h2-10,12H,1H3. The molecule has 0 atom stereocenters. The molecule has 0 heterocycles. The van der Waals surface area contributed by atoms with Crippen molar-refractivity contribution in [3.05, 3.63) is 82.6 Å². The number of hydrogen-bond donors (Lipinski definition) is 0. The zero-order chi connectivity index (χ0) is 13.7. The number of allylic oxidation sites excluding steroid dienone is 1. The fraction of sp³-hybridized carbons (Fsp3) is 0.0588. The van der Waals surface area contributed by atoms with Gasteiger partial charge in [-0.1, -0.05) is 60.1 Å². The van der Waals surface area contributed by atoms with Gasteiger partial charge in [0.05, 0.1) is 0 Å². The first-order valence-electron chi connectivity index (χ1n) is 5.96. The van der Waals surface area contributed by atoms with Crippen molar-refractivity contribution in [2.75, 3.05) is 0 Å². The van der Waals surface area contributed by atoms with E-state index in [1.165, 1.54) is 6.08 Å². The Labute approximate surface area is 117 Å². The molecule has 2 heteroatoms. The number of carbonyl (C=O) groups is 1. The van der Waals surface area contributed by atoms with Crippen molar-refractivity contribution in [1.82, 2.24) is 0 Å². The van der Waals surface area contributed by atoms with Gasteiger partial charge in [0.2, 0.25) is 0 Å². The van der Waals surface area contributed by atoms with Crippen molar-refractivity contribution >= 4 is 23.0 Å². The van der Waals surface area contributed by atoms with Crippen LogP contribution in [0.25, 0.3) is 5.57 Å². The highest BCUT2D eigenvalue weighted by Gasteiger charge is 2.01. The van der Waals surface area contributed by atoms with Crippen LogP contribution in [-0.2, 0) is 0 Å². The third kappa shape index (κ3) is 3.45. The molecule has 0 aliphatic heterocycles. The van der Waals surface area contributed by atoms with Crippen molar-refractivity contribution in [1.29, 1.82) is 0 Å². The molecule has 0 N–H and O–H groups in total. The van der Waals surface area contributed by atoms with Gasteiger partial charge in [-0.05, 0) is 18.6 Å². The smallest absolute Gasteiger partial charge is 0.193 e. The molecule has 19 heavy (non-hydrogen) atoms. The van der Waals surface area contributed by atoms with Crippen LogP contribution in [0.5, 0.6) is 0 Å². The van der Waals surface area contributed by atoms with Crippen LogP contribution in [0.2, 0.25) is 5.02 Å². The van der Waals surface area contributed by atoms with Crippen molar-refractivity contribution in [2.24, 2.45) is 0 Å². The summed E-state index contributed by atoms with van der Waals surface area (Å²) in [5.74, 6) is -0.0630. The van der Waals surface area contributed by atoms with Crippen LogP contribution >= 0.6 is 11.6 Å². The summed E-state index contributed by atoms with van der Waals surface area (Å²) in [6.07, 6.45) is 1.45. The SMILES string of the molecule is CC(=C=CC(=O)c1ccccc1)c1ccccc1Cl. The van der Waals surface area contributed by atoms with E-state index in [4.69, 9.17) is 11.6 Å². The van der Waals surface area contributed by atoms with Gasteiger partial charge in [0.1, 0.15) is 0 Å². The van der Waals surface area contributed by atoms with Gasteiger partial charge in [-0.2, -0.15) is 0 Å². The summed E-state index contributed by atoms with van der Waals surface area (Å²) in [4.78, 5) is 11.9. The Bertz CT molecular complexity index is 650. The molecular weight excluding hydrogens is 256 g/mol. The Balaban J connectivity index is 2.29. The van der Waals surface area contributed by atoms with Crippen molar-refractivity contribution < 1.29 is 4.79 Å². The van der Waals surface area contributed by atoms with E-state index in [1.807, 2.05) is 49.4 Å². The molecule has 94 valence electrons. The topological polar surface area (TPSA) is 17.1 Å². The van der Waals surface area contributed by atoms with Crippen LogP contribution in [0.15, 0.2) is 66.4 Å². The van der Waals surface area contributed by atoms with Crippen LogP contribution < -0.4 is 0 Å². The minimum atomic E-state index is -0.0630. The minimum absolute atomic E-state index is 0.0630. The number of hydrogen-bond acceptors (Lipinski definition) is 1. The first-order chi connectivity index (χ1) is 9.18. The van der Waals surface area contributed by atoms with E-state index in [0.717, 1.165) is 11.1 Å². The maximum Gasteiger partial charge on any atom is 0.193 e. The monoisotopic (exact) mass is 268 g/mol. The molecule has 0 spiro atoms. The summed E-state index contributed by atoms with van der Waals surface area (Å²) in [5.41, 5.74) is 5.38. The van der Waals surface area contributed by atoms with Gasteiger partial charge in [0.15, 0.2) is 5.78 Å². The Morgan fingerprint density at radius 2 is 1.68 bits per heavy atom. The molecule has 0 aliphatic rings. The Hall–Kier alpha value is -2.08. The number of ketones is 1. The second-order valence-corrected chi connectivity index (χ2v) is 4.53. The molecule has 1 nitrogen and oxygen atoms in total. The Kier molecular flexibility index (Phi) is 4.35. The highest BCUT2D eigenvalue weighted by molar-refractivity contribution is 6.32. The third-order valence-corrected chi connectivity index (χ3v) is 3.09. The molecule has 2 aromatic carbocycles. The average molecular weight is 269 g/mol. The minimum Gasteiger partial charge on any atom is -0.289 e. The van der Waals surface area contributed by atoms with Crippen molar-refractivity contribution in [3.63, 3.8) is 0 Å². The fourth-order valence-electron chi connectivity index (χ4n) is 1.70. The molecule has 0 fully saturated rings. The highest BCUT2D eigenvalue weighted by atomic mass is 35.5. The summed E-state index contributed by atoms with van der Waals surface area (Å²) < 4.78 is 0. The van der Waals surface area contributed by atoms with Crippen molar-refractivity contribution in [2.45, 2.75) is 6.92 Å². The number of rotatable bonds is 3. The lowest BCUT2D eigenvalue weighted by Gasteiger charge is -2.00. The van der Waals surface area contributed by atoms with Gasteiger partial charge < -0.3 is 0 Å².